The first-order valence-corrected chi connectivity index (χ1v) is 6.79. The lowest BCUT2D eigenvalue weighted by Crippen LogP contribution is -2.33. The first-order valence-electron chi connectivity index (χ1n) is 6.79. The molecule has 1 aliphatic rings. The number of benzene rings is 1. The van der Waals surface area contributed by atoms with Crippen molar-refractivity contribution < 1.29 is 4.79 Å². The zero-order valence-electron chi connectivity index (χ0n) is 11.3. The summed E-state index contributed by atoms with van der Waals surface area (Å²) in [7, 11) is 1.86. The maximum absolute atomic E-state index is 12.1. The van der Waals surface area contributed by atoms with E-state index in [4.69, 9.17) is 0 Å². The van der Waals surface area contributed by atoms with E-state index in [1.54, 1.807) is 4.90 Å². The summed E-state index contributed by atoms with van der Waals surface area (Å²) in [4.78, 5) is 13.9. The quantitative estimate of drug-likeness (QED) is 0.884. The minimum atomic E-state index is 0.193. The summed E-state index contributed by atoms with van der Waals surface area (Å²) in [5.41, 5.74) is 2.28. The lowest BCUT2D eigenvalue weighted by atomic mass is 10.1. The Bertz CT molecular complexity index is 393. The Morgan fingerprint density at radius 2 is 2.11 bits per heavy atom. The molecule has 1 atom stereocenters. The number of amides is 1. The molecule has 1 heterocycles. The first kappa shape index (κ1) is 13.1. The van der Waals surface area contributed by atoms with Crippen LogP contribution >= 0.6 is 0 Å². The van der Waals surface area contributed by atoms with Crippen molar-refractivity contribution in [2.75, 3.05) is 18.5 Å². The summed E-state index contributed by atoms with van der Waals surface area (Å²) in [6.07, 6.45) is 3.94. The molecule has 1 N–H and O–H groups in total. The molecule has 0 spiro atoms. The second-order valence-electron chi connectivity index (χ2n) is 4.97. The molecule has 0 radical (unpaired) electrons. The molecule has 0 saturated carbocycles. The van der Waals surface area contributed by atoms with Crippen molar-refractivity contribution in [1.29, 1.82) is 0 Å². The monoisotopic (exact) mass is 246 g/mol. The van der Waals surface area contributed by atoms with Crippen LogP contribution in [0.3, 0.4) is 0 Å². The van der Waals surface area contributed by atoms with E-state index < -0.39 is 0 Å². The third-order valence-corrected chi connectivity index (χ3v) is 3.69. The second-order valence-corrected chi connectivity index (χ2v) is 4.97. The van der Waals surface area contributed by atoms with Gasteiger partial charge in [0, 0.05) is 25.2 Å². The number of carbonyl (C=O) groups is 1. The van der Waals surface area contributed by atoms with Gasteiger partial charge in [0.1, 0.15) is 0 Å². The molecule has 1 aromatic carbocycles. The molecule has 0 aromatic heterocycles. The van der Waals surface area contributed by atoms with Gasteiger partial charge < -0.3 is 10.2 Å². The van der Waals surface area contributed by atoms with Gasteiger partial charge in [-0.15, -0.1) is 0 Å². The van der Waals surface area contributed by atoms with Crippen LogP contribution in [0.25, 0.3) is 0 Å². The zero-order chi connectivity index (χ0) is 13.0. The standard InChI is InChI=1S/C15H22N2O/c1-3-12-6-8-14(9-7-12)17(2)15(18)11-13-5-4-10-16-13/h6-9,13,16H,3-5,10-11H2,1-2H3. The maximum Gasteiger partial charge on any atom is 0.228 e. The van der Waals surface area contributed by atoms with Gasteiger partial charge in [0.05, 0.1) is 0 Å². The Labute approximate surface area is 109 Å². The lowest BCUT2D eigenvalue weighted by Gasteiger charge is -2.20. The molecule has 2 rings (SSSR count). The number of aryl methyl sites for hydroxylation is 1. The van der Waals surface area contributed by atoms with E-state index in [9.17, 15) is 4.79 Å². The fraction of sp³-hybridized carbons (Fsp3) is 0.533. The van der Waals surface area contributed by atoms with E-state index in [2.05, 4.69) is 24.4 Å². The van der Waals surface area contributed by atoms with E-state index in [0.29, 0.717) is 12.5 Å². The normalized spacial score (nSPS) is 18.9. The van der Waals surface area contributed by atoms with Gasteiger partial charge in [0.25, 0.3) is 0 Å². The van der Waals surface area contributed by atoms with Crippen molar-refractivity contribution in [3.05, 3.63) is 29.8 Å². The SMILES string of the molecule is CCc1ccc(N(C)C(=O)CC2CCCN2)cc1. The lowest BCUT2D eigenvalue weighted by molar-refractivity contribution is -0.118. The Morgan fingerprint density at radius 3 is 2.67 bits per heavy atom. The molecule has 1 fully saturated rings. The Kier molecular flexibility index (Phi) is 4.37. The molecular weight excluding hydrogens is 224 g/mol. The average Bonchev–Trinajstić information content (AvgIpc) is 2.91. The van der Waals surface area contributed by atoms with Crippen LogP contribution in [0, 0.1) is 0 Å². The van der Waals surface area contributed by atoms with E-state index in [-0.39, 0.29) is 5.91 Å². The third-order valence-electron chi connectivity index (χ3n) is 3.69. The van der Waals surface area contributed by atoms with Crippen molar-refractivity contribution >= 4 is 11.6 Å². The number of rotatable bonds is 4. The van der Waals surface area contributed by atoms with E-state index in [1.807, 2.05) is 19.2 Å². The minimum Gasteiger partial charge on any atom is -0.315 e. The fourth-order valence-corrected chi connectivity index (χ4v) is 2.38. The molecule has 3 heteroatoms. The molecule has 1 amide bonds. The molecule has 18 heavy (non-hydrogen) atoms. The maximum atomic E-state index is 12.1. The van der Waals surface area contributed by atoms with Gasteiger partial charge in [-0.05, 0) is 43.5 Å². The average molecular weight is 246 g/mol. The van der Waals surface area contributed by atoms with Gasteiger partial charge in [-0.2, -0.15) is 0 Å². The molecule has 1 aromatic rings. The van der Waals surface area contributed by atoms with Crippen molar-refractivity contribution in [2.24, 2.45) is 0 Å². The predicted molar refractivity (Wildman–Crippen MR) is 74.9 cm³/mol. The van der Waals surface area contributed by atoms with Crippen LogP contribution in [0.4, 0.5) is 5.69 Å². The highest BCUT2D eigenvalue weighted by Gasteiger charge is 2.20. The second kappa shape index (κ2) is 6.01. The van der Waals surface area contributed by atoms with Gasteiger partial charge in [-0.3, -0.25) is 4.79 Å². The van der Waals surface area contributed by atoms with Crippen molar-refractivity contribution in [2.45, 2.75) is 38.6 Å². The van der Waals surface area contributed by atoms with Gasteiger partial charge in [-0.1, -0.05) is 19.1 Å². The van der Waals surface area contributed by atoms with Crippen LogP contribution in [-0.2, 0) is 11.2 Å². The van der Waals surface area contributed by atoms with Crippen LogP contribution in [0.15, 0.2) is 24.3 Å². The van der Waals surface area contributed by atoms with Crippen LogP contribution in [0.1, 0.15) is 31.7 Å². The van der Waals surface area contributed by atoms with Crippen molar-refractivity contribution in [3.63, 3.8) is 0 Å². The highest BCUT2D eigenvalue weighted by atomic mass is 16.2. The van der Waals surface area contributed by atoms with Gasteiger partial charge >= 0.3 is 0 Å². The zero-order valence-corrected chi connectivity index (χ0v) is 11.3. The molecule has 1 saturated heterocycles. The van der Waals surface area contributed by atoms with Crippen LogP contribution in [0.2, 0.25) is 0 Å². The van der Waals surface area contributed by atoms with E-state index >= 15 is 0 Å². The number of hydrogen-bond acceptors (Lipinski definition) is 2. The topological polar surface area (TPSA) is 32.3 Å². The van der Waals surface area contributed by atoms with Crippen LogP contribution in [0.5, 0.6) is 0 Å². The van der Waals surface area contributed by atoms with E-state index in [1.165, 1.54) is 12.0 Å². The summed E-state index contributed by atoms with van der Waals surface area (Å²) in [5, 5.41) is 3.36. The Balaban J connectivity index is 1.95. The number of nitrogens with one attached hydrogen (secondary N) is 1. The van der Waals surface area contributed by atoms with Crippen molar-refractivity contribution in [3.8, 4) is 0 Å². The fourth-order valence-electron chi connectivity index (χ4n) is 2.38. The summed E-state index contributed by atoms with van der Waals surface area (Å²) in [6.45, 7) is 3.18. The third kappa shape index (κ3) is 3.10. The first-order chi connectivity index (χ1) is 8.70. The molecular formula is C15H22N2O. The summed E-state index contributed by atoms with van der Waals surface area (Å²) in [6, 6.07) is 8.60. The van der Waals surface area contributed by atoms with Crippen LogP contribution < -0.4 is 10.2 Å². The van der Waals surface area contributed by atoms with Gasteiger partial charge in [0.2, 0.25) is 5.91 Å². The molecule has 0 aliphatic carbocycles. The van der Waals surface area contributed by atoms with Crippen LogP contribution in [-0.4, -0.2) is 25.5 Å². The van der Waals surface area contributed by atoms with E-state index in [0.717, 1.165) is 25.1 Å². The Hall–Kier alpha value is -1.35. The number of carbonyl (C=O) groups excluding carboxylic acids is 1. The summed E-state index contributed by atoms with van der Waals surface area (Å²) >= 11 is 0. The molecule has 1 aliphatic heterocycles. The molecule has 3 nitrogen and oxygen atoms in total. The highest BCUT2D eigenvalue weighted by molar-refractivity contribution is 5.93. The molecule has 0 bridgehead atoms. The smallest absolute Gasteiger partial charge is 0.228 e. The largest absolute Gasteiger partial charge is 0.315 e. The number of hydrogen-bond donors (Lipinski definition) is 1. The Morgan fingerprint density at radius 1 is 1.39 bits per heavy atom. The summed E-state index contributed by atoms with van der Waals surface area (Å²) in [5.74, 6) is 0.193. The van der Waals surface area contributed by atoms with Crippen molar-refractivity contribution in [1.82, 2.24) is 5.32 Å². The minimum absolute atomic E-state index is 0.193. The van der Waals surface area contributed by atoms with Gasteiger partial charge in [0.15, 0.2) is 0 Å². The highest BCUT2D eigenvalue weighted by Crippen LogP contribution is 2.17. The molecule has 98 valence electrons. The number of anilines is 1. The number of nitrogens with zero attached hydrogens (tertiary/aromatic N) is 1. The predicted octanol–water partition coefficient (Wildman–Crippen LogP) is 2.35. The summed E-state index contributed by atoms with van der Waals surface area (Å²) < 4.78 is 0. The van der Waals surface area contributed by atoms with Gasteiger partial charge in [-0.25, -0.2) is 0 Å². The molecule has 1 unspecified atom stereocenters.